The van der Waals surface area contributed by atoms with Gasteiger partial charge in [-0.15, -0.1) is 0 Å². The number of nitrogens with one attached hydrogen (secondary N) is 1. The van der Waals surface area contributed by atoms with Gasteiger partial charge in [-0.25, -0.2) is 0 Å². The van der Waals surface area contributed by atoms with Crippen molar-refractivity contribution in [3.63, 3.8) is 0 Å². The number of H-pyrrole nitrogens is 1. The maximum Gasteiger partial charge on any atom is 0.271 e. The fourth-order valence-electron chi connectivity index (χ4n) is 5.61. The Morgan fingerprint density at radius 2 is 1.97 bits per heavy atom. The molecule has 1 aromatic heterocycles. The normalized spacial score (nSPS) is 26.0. The number of aromatic nitrogens is 2. The Balaban J connectivity index is 1.13. The molecular weight excluding hydrogens is 374 g/mol. The van der Waals surface area contributed by atoms with Crippen LogP contribution in [-0.4, -0.2) is 57.6 Å². The van der Waals surface area contributed by atoms with E-state index in [-0.39, 0.29) is 11.4 Å². The van der Waals surface area contributed by atoms with Gasteiger partial charge >= 0.3 is 0 Å². The maximum absolute atomic E-state index is 12.5. The number of carbonyl (C=O) groups excluding carboxylic acids is 1. The highest BCUT2D eigenvalue weighted by atomic mass is 16.2. The molecule has 6 heteroatoms. The lowest BCUT2D eigenvalue weighted by molar-refractivity contribution is -0.0532. The van der Waals surface area contributed by atoms with E-state index in [1.54, 1.807) is 12.3 Å². The minimum Gasteiger partial charge on any atom is -0.333 e. The summed E-state index contributed by atoms with van der Waals surface area (Å²) in [7, 11) is 0. The summed E-state index contributed by atoms with van der Waals surface area (Å²) in [6.45, 7) is 3.37. The lowest BCUT2D eigenvalue weighted by Gasteiger charge is -2.56. The van der Waals surface area contributed by atoms with Gasteiger partial charge in [0.25, 0.3) is 5.91 Å². The maximum atomic E-state index is 12.5. The first-order chi connectivity index (χ1) is 14.7. The van der Waals surface area contributed by atoms with Gasteiger partial charge < -0.3 is 4.90 Å². The summed E-state index contributed by atoms with van der Waals surface area (Å²) in [6, 6.07) is 15.0. The largest absolute Gasteiger partial charge is 0.333 e. The van der Waals surface area contributed by atoms with E-state index < -0.39 is 0 Å². The van der Waals surface area contributed by atoms with Crippen molar-refractivity contribution in [2.24, 2.45) is 11.8 Å². The quantitative estimate of drug-likeness (QED) is 0.802. The van der Waals surface area contributed by atoms with Gasteiger partial charge in [-0.1, -0.05) is 30.3 Å². The van der Waals surface area contributed by atoms with E-state index in [1.807, 2.05) is 4.90 Å². The third-order valence-corrected chi connectivity index (χ3v) is 7.47. The molecule has 1 saturated carbocycles. The molecule has 3 aliphatic rings. The molecule has 0 spiro atoms. The van der Waals surface area contributed by atoms with E-state index in [1.165, 1.54) is 31.2 Å². The van der Waals surface area contributed by atoms with Crippen molar-refractivity contribution >= 4 is 5.91 Å². The third kappa shape index (κ3) is 3.63. The molecular formula is C24H29N5O. The van der Waals surface area contributed by atoms with Crippen molar-refractivity contribution in [3.05, 3.63) is 53.9 Å². The Hall–Kier alpha value is -2.65. The van der Waals surface area contributed by atoms with Crippen LogP contribution >= 0.6 is 0 Å². The summed E-state index contributed by atoms with van der Waals surface area (Å²) >= 11 is 0. The van der Waals surface area contributed by atoms with Gasteiger partial charge in [0.15, 0.2) is 0 Å². The van der Waals surface area contributed by atoms with Crippen molar-refractivity contribution in [1.82, 2.24) is 20.0 Å². The molecule has 2 aromatic rings. The van der Waals surface area contributed by atoms with Crippen molar-refractivity contribution in [2.75, 3.05) is 26.2 Å². The number of likely N-dealkylation sites (tertiary alicyclic amines) is 2. The molecule has 1 aliphatic carbocycles. The molecule has 2 aliphatic heterocycles. The molecule has 3 fully saturated rings. The highest BCUT2D eigenvalue weighted by Crippen LogP contribution is 2.52. The van der Waals surface area contributed by atoms with E-state index in [2.05, 4.69) is 51.5 Å². The Kier molecular flexibility index (Phi) is 5.08. The number of nitrogens with zero attached hydrogens (tertiary/aromatic N) is 4. The number of carbonyl (C=O) groups is 1. The number of piperidine rings is 1. The number of amides is 1. The number of aromatic amines is 1. The van der Waals surface area contributed by atoms with E-state index in [4.69, 9.17) is 0 Å². The molecule has 2 saturated heterocycles. The first-order valence-electron chi connectivity index (χ1n) is 11.1. The summed E-state index contributed by atoms with van der Waals surface area (Å²) in [6.07, 6.45) is 7.18. The number of nitriles is 1. The minimum atomic E-state index is -0.165. The fraction of sp³-hybridized carbons (Fsp3) is 0.542. The van der Waals surface area contributed by atoms with E-state index in [0.717, 1.165) is 30.8 Å². The van der Waals surface area contributed by atoms with Crippen LogP contribution in [0.5, 0.6) is 0 Å². The van der Waals surface area contributed by atoms with Crippen molar-refractivity contribution < 1.29 is 4.79 Å². The molecule has 1 unspecified atom stereocenters. The zero-order chi connectivity index (χ0) is 20.6. The zero-order valence-electron chi connectivity index (χ0n) is 17.3. The van der Waals surface area contributed by atoms with Crippen LogP contribution in [0.15, 0.2) is 42.6 Å². The first kappa shape index (κ1) is 19.3. The van der Waals surface area contributed by atoms with Crippen LogP contribution in [0.1, 0.15) is 54.1 Å². The number of rotatable bonds is 6. The minimum absolute atomic E-state index is 0.0170. The highest BCUT2D eigenvalue weighted by molar-refractivity contribution is 5.93. The van der Waals surface area contributed by atoms with Gasteiger partial charge in [-0.2, -0.15) is 10.4 Å². The average molecular weight is 404 g/mol. The highest BCUT2D eigenvalue weighted by Gasteiger charge is 2.50. The molecule has 3 heterocycles. The SMILES string of the molecule is N#CCC1(N2CCC(C[C@@H]3CC3c3ccccc3)CC2)CN(C(=O)c2ccn[nH]2)C1. The predicted octanol–water partition coefficient (Wildman–Crippen LogP) is 3.42. The third-order valence-electron chi connectivity index (χ3n) is 7.47. The molecule has 30 heavy (non-hydrogen) atoms. The van der Waals surface area contributed by atoms with Gasteiger partial charge in [0.1, 0.15) is 5.69 Å². The van der Waals surface area contributed by atoms with Crippen LogP contribution in [0.2, 0.25) is 0 Å². The molecule has 1 amide bonds. The van der Waals surface area contributed by atoms with E-state index >= 15 is 0 Å². The topological polar surface area (TPSA) is 76.0 Å². The Labute approximate surface area is 177 Å². The fourth-order valence-corrected chi connectivity index (χ4v) is 5.61. The molecule has 0 radical (unpaired) electrons. The second-order valence-corrected chi connectivity index (χ2v) is 9.37. The van der Waals surface area contributed by atoms with E-state index in [0.29, 0.717) is 25.2 Å². The lowest BCUT2D eigenvalue weighted by atomic mass is 9.81. The molecule has 2 atom stereocenters. The summed E-state index contributed by atoms with van der Waals surface area (Å²) in [5.74, 6) is 2.39. The van der Waals surface area contributed by atoms with Crippen LogP contribution in [0.25, 0.3) is 0 Å². The summed E-state index contributed by atoms with van der Waals surface area (Å²) < 4.78 is 0. The first-order valence-corrected chi connectivity index (χ1v) is 11.1. The molecule has 5 rings (SSSR count). The second kappa shape index (κ2) is 7.88. The van der Waals surface area contributed by atoms with Crippen molar-refractivity contribution in [2.45, 2.75) is 43.6 Å². The van der Waals surface area contributed by atoms with Crippen LogP contribution in [0.4, 0.5) is 0 Å². The molecule has 1 aromatic carbocycles. The Bertz CT molecular complexity index is 905. The van der Waals surface area contributed by atoms with Gasteiger partial charge in [0.2, 0.25) is 0 Å². The molecule has 6 nitrogen and oxygen atoms in total. The van der Waals surface area contributed by atoms with Crippen LogP contribution in [0, 0.1) is 23.2 Å². The zero-order valence-corrected chi connectivity index (χ0v) is 17.3. The molecule has 0 bridgehead atoms. The number of hydrogen-bond acceptors (Lipinski definition) is 4. The monoisotopic (exact) mass is 403 g/mol. The lowest BCUT2D eigenvalue weighted by Crippen LogP contribution is -2.72. The van der Waals surface area contributed by atoms with Gasteiger partial charge in [-0.05, 0) is 68.2 Å². The average Bonchev–Trinajstić information content (AvgIpc) is 3.29. The van der Waals surface area contributed by atoms with Crippen LogP contribution in [-0.2, 0) is 0 Å². The summed E-state index contributed by atoms with van der Waals surface area (Å²) in [4.78, 5) is 16.9. The molecule has 1 N–H and O–H groups in total. The van der Waals surface area contributed by atoms with Crippen LogP contribution in [0.3, 0.4) is 0 Å². The van der Waals surface area contributed by atoms with Crippen molar-refractivity contribution in [1.29, 1.82) is 5.26 Å². The van der Waals surface area contributed by atoms with E-state index in [9.17, 15) is 10.1 Å². The van der Waals surface area contributed by atoms with Crippen molar-refractivity contribution in [3.8, 4) is 6.07 Å². The Morgan fingerprint density at radius 1 is 1.20 bits per heavy atom. The second-order valence-electron chi connectivity index (χ2n) is 9.37. The van der Waals surface area contributed by atoms with Gasteiger partial charge in [0.05, 0.1) is 18.0 Å². The predicted molar refractivity (Wildman–Crippen MR) is 114 cm³/mol. The number of benzene rings is 1. The molecule has 156 valence electrons. The van der Waals surface area contributed by atoms with Gasteiger partial charge in [-0.3, -0.25) is 14.8 Å². The Morgan fingerprint density at radius 3 is 2.63 bits per heavy atom. The smallest absolute Gasteiger partial charge is 0.271 e. The summed E-state index contributed by atoms with van der Waals surface area (Å²) in [5.41, 5.74) is 1.86. The summed E-state index contributed by atoms with van der Waals surface area (Å²) in [5, 5.41) is 16.0. The van der Waals surface area contributed by atoms with Crippen LogP contribution < -0.4 is 0 Å². The van der Waals surface area contributed by atoms with Gasteiger partial charge in [0, 0.05) is 19.3 Å². The number of hydrogen-bond donors (Lipinski definition) is 1. The standard InChI is InChI=1S/C24H29N5O/c25-10-9-24(16-28(17-24)23(30)22-6-11-26-27-22)29-12-7-18(8-13-29)14-20-15-21(20)19-4-2-1-3-5-19/h1-6,11,18,20-21H,7-9,12-17H2,(H,26,27)/t20-,21?/m1/s1.